The van der Waals surface area contributed by atoms with Gasteiger partial charge in [-0.1, -0.05) is 19.9 Å². The number of benzene rings is 1. The highest BCUT2D eigenvalue weighted by Gasteiger charge is 2.25. The Morgan fingerprint density at radius 2 is 1.72 bits per heavy atom. The molecular weight excluding hydrogens is 376 g/mol. The van der Waals surface area contributed by atoms with Gasteiger partial charge >= 0.3 is 0 Å². The van der Waals surface area contributed by atoms with Crippen molar-refractivity contribution in [1.29, 1.82) is 0 Å². The predicted molar refractivity (Wildman–Crippen MR) is 113 cm³/mol. The molecule has 0 amide bonds. The number of nitrogens with zero attached hydrogens (tertiary/aromatic N) is 3. The lowest BCUT2D eigenvalue weighted by atomic mass is 10.0. The van der Waals surface area contributed by atoms with Gasteiger partial charge in [0.1, 0.15) is 11.6 Å². The summed E-state index contributed by atoms with van der Waals surface area (Å²) >= 11 is 0. The average molecular weight is 412 g/mol. The molecule has 0 aliphatic carbocycles. The minimum absolute atomic E-state index is 0.0637. The summed E-state index contributed by atoms with van der Waals surface area (Å²) in [6.45, 7) is 8.84. The second kappa shape index (κ2) is 11.4. The van der Waals surface area contributed by atoms with E-state index in [0.717, 1.165) is 32.8 Å². The van der Waals surface area contributed by atoms with Crippen molar-refractivity contribution in [2.24, 2.45) is 10.9 Å². The maximum absolute atomic E-state index is 14.3. The maximum atomic E-state index is 14.3. The monoisotopic (exact) mass is 411 g/mol. The van der Waals surface area contributed by atoms with Gasteiger partial charge in [0.25, 0.3) is 0 Å². The van der Waals surface area contributed by atoms with Crippen molar-refractivity contribution in [3.63, 3.8) is 0 Å². The van der Waals surface area contributed by atoms with Gasteiger partial charge in [-0.15, -0.1) is 0 Å². The van der Waals surface area contributed by atoms with E-state index in [9.17, 15) is 8.78 Å². The van der Waals surface area contributed by atoms with E-state index in [2.05, 4.69) is 34.4 Å². The van der Waals surface area contributed by atoms with Gasteiger partial charge in [0.15, 0.2) is 5.96 Å². The number of rotatable bonds is 8. The number of likely N-dealkylation sites (N-methyl/N-ethyl adjacent to an activating group) is 1. The Hall–Kier alpha value is -1.77. The normalized spacial score (nSPS) is 18.2. The fourth-order valence-electron chi connectivity index (χ4n) is 3.68. The Morgan fingerprint density at radius 1 is 1.14 bits per heavy atom. The zero-order valence-corrected chi connectivity index (χ0v) is 18.2. The van der Waals surface area contributed by atoms with Crippen molar-refractivity contribution in [2.45, 2.75) is 25.9 Å². The van der Waals surface area contributed by atoms with Crippen LogP contribution in [-0.4, -0.2) is 82.3 Å². The smallest absolute Gasteiger partial charge is 0.191 e. The summed E-state index contributed by atoms with van der Waals surface area (Å²) in [4.78, 5) is 8.51. The lowest BCUT2D eigenvalue weighted by Gasteiger charge is -2.37. The molecule has 2 rings (SSSR count). The van der Waals surface area contributed by atoms with Crippen molar-refractivity contribution in [3.05, 3.63) is 35.4 Å². The highest BCUT2D eigenvalue weighted by Crippen LogP contribution is 2.23. The lowest BCUT2D eigenvalue weighted by Crippen LogP contribution is -2.53. The average Bonchev–Trinajstić information content (AvgIpc) is 2.68. The highest BCUT2D eigenvalue weighted by atomic mass is 19.1. The molecule has 0 spiro atoms. The van der Waals surface area contributed by atoms with Gasteiger partial charge in [-0.25, -0.2) is 8.78 Å². The molecule has 0 bridgehead atoms. The Kier molecular flexibility index (Phi) is 9.26. The molecule has 8 heteroatoms. The summed E-state index contributed by atoms with van der Waals surface area (Å²) < 4.78 is 34.0. The molecule has 0 aromatic heterocycles. The van der Waals surface area contributed by atoms with Crippen LogP contribution in [0.2, 0.25) is 0 Å². The first-order valence-electron chi connectivity index (χ1n) is 10.2. The molecule has 2 N–H and O–H groups in total. The number of aliphatic imine (C=N–C) groups is 1. The van der Waals surface area contributed by atoms with E-state index in [1.54, 1.807) is 11.9 Å². The van der Waals surface area contributed by atoms with Gasteiger partial charge in [0.05, 0.1) is 19.3 Å². The van der Waals surface area contributed by atoms with Crippen LogP contribution in [0.5, 0.6) is 0 Å². The topological polar surface area (TPSA) is 52.1 Å². The van der Waals surface area contributed by atoms with E-state index in [-0.39, 0.29) is 5.56 Å². The van der Waals surface area contributed by atoms with Crippen LogP contribution >= 0.6 is 0 Å². The third-order valence-electron chi connectivity index (χ3n) is 5.41. The Labute approximate surface area is 173 Å². The molecule has 1 aromatic carbocycles. The molecule has 2 atom stereocenters. The van der Waals surface area contributed by atoms with Crippen LogP contribution < -0.4 is 10.6 Å². The molecule has 1 fully saturated rings. The second-order valence-corrected chi connectivity index (χ2v) is 7.91. The summed E-state index contributed by atoms with van der Waals surface area (Å²) in [7, 11) is 5.31. The van der Waals surface area contributed by atoms with Crippen molar-refractivity contribution in [3.8, 4) is 0 Å². The third-order valence-corrected chi connectivity index (χ3v) is 5.41. The number of hydrogen-bond acceptors (Lipinski definition) is 4. The van der Waals surface area contributed by atoms with E-state index in [4.69, 9.17) is 4.74 Å². The first kappa shape index (κ1) is 23.5. The number of hydrogen-bond donors (Lipinski definition) is 2. The van der Waals surface area contributed by atoms with Crippen LogP contribution in [-0.2, 0) is 4.74 Å². The zero-order valence-electron chi connectivity index (χ0n) is 18.2. The minimum Gasteiger partial charge on any atom is -0.379 e. The molecular formula is C21H35F2N5O. The summed E-state index contributed by atoms with van der Waals surface area (Å²) in [5.41, 5.74) is 0.0637. The van der Waals surface area contributed by atoms with Gasteiger partial charge < -0.3 is 20.3 Å². The standard InChI is InChI=1S/C21H35F2N5O/c1-15(2)18(28-9-11-29-12-10-28)13-25-21(24-3)26-14-19(27(4)5)20-16(22)7-6-8-17(20)23/h6-8,15,18-19H,9-14H2,1-5H3,(H2,24,25,26). The quantitative estimate of drug-likeness (QED) is 0.507. The number of guanidine groups is 1. The first-order chi connectivity index (χ1) is 13.8. The molecule has 1 aliphatic rings. The molecule has 0 radical (unpaired) electrons. The van der Waals surface area contributed by atoms with E-state index in [1.165, 1.54) is 18.2 Å². The van der Waals surface area contributed by atoms with E-state index in [1.807, 2.05) is 14.1 Å². The Balaban J connectivity index is 1.99. The predicted octanol–water partition coefficient (Wildman–Crippen LogP) is 2.09. The maximum Gasteiger partial charge on any atom is 0.191 e. The summed E-state index contributed by atoms with van der Waals surface area (Å²) in [6.07, 6.45) is 0. The van der Waals surface area contributed by atoms with Gasteiger partial charge in [-0.05, 0) is 32.1 Å². The molecule has 0 saturated carbocycles. The molecule has 1 aliphatic heterocycles. The molecule has 1 aromatic rings. The van der Waals surface area contributed by atoms with Gasteiger partial charge in [-0.2, -0.15) is 0 Å². The Bertz CT molecular complexity index is 642. The molecule has 29 heavy (non-hydrogen) atoms. The number of nitrogens with one attached hydrogen (secondary N) is 2. The van der Waals surface area contributed by atoms with Crippen molar-refractivity contribution >= 4 is 5.96 Å². The van der Waals surface area contributed by atoms with Crippen LogP contribution in [0.4, 0.5) is 8.78 Å². The van der Waals surface area contributed by atoms with Gasteiger partial charge in [0, 0.05) is 44.8 Å². The molecule has 1 saturated heterocycles. The van der Waals surface area contributed by atoms with Crippen molar-refractivity contribution < 1.29 is 13.5 Å². The van der Waals surface area contributed by atoms with Crippen molar-refractivity contribution in [1.82, 2.24) is 20.4 Å². The molecule has 6 nitrogen and oxygen atoms in total. The largest absolute Gasteiger partial charge is 0.379 e. The second-order valence-electron chi connectivity index (χ2n) is 7.91. The van der Waals surface area contributed by atoms with Crippen LogP contribution in [0.15, 0.2) is 23.2 Å². The van der Waals surface area contributed by atoms with Crippen LogP contribution in [0.25, 0.3) is 0 Å². The third kappa shape index (κ3) is 6.62. The number of morpholine rings is 1. The van der Waals surface area contributed by atoms with Crippen LogP contribution in [0, 0.1) is 17.6 Å². The van der Waals surface area contributed by atoms with Gasteiger partial charge in [-0.3, -0.25) is 9.89 Å². The first-order valence-corrected chi connectivity index (χ1v) is 10.2. The zero-order chi connectivity index (χ0) is 21.4. The number of ether oxygens (including phenoxy) is 1. The van der Waals surface area contributed by atoms with Crippen molar-refractivity contribution in [2.75, 3.05) is 60.5 Å². The lowest BCUT2D eigenvalue weighted by molar-refractivity contribution is 0.00752. The molecule has 2 unspecified atom stereocenters. The van der Waals surface area contributed by atoms with E-state index in [0.29, 0.717) is 24.5 Å². The van der Waals surface area contributed by atoms with Gasteiger partial charge in [0.2, 0.25) is 0 Å². The highest BCUT2D eigenvalue weighted by molar-refractivity contribution is 5.79. The minimum atomic E-state index is -0.541. The molecule has 1 heterocycles. The molecule has 164 valence electrons. The fourth-order valence-corrected chi connectivity index (χ4v) is 3.68. The summed E-state index contributed by atoms with van der Waals surface area (Å²) in [5.74, 6) is 0.00881. The van der Waals surface area contributed by atoms with Crippen LogP contribution in [0.1, 0.15) is 25.5 Å². The Morgan fingerprint density at radius 3 is 2.24 bits per heavy atom. The number of halogens is 2. The van der Waals surface area contributed by atoms with Crippen LogP contribution in [0.3, 0.4) is 0 Å². The fraction of sp³-hybridized carbons (Fsp3) is 0.667. The SMILES string of the molecule is CN=C(NCC(c1c(F)cccc1F)N(C)C)NCC(C(C)C)N1CCOCC1. The summed E-state index contributed by atoms with van der Waals surface area (Å²) in [6, 6.07) is 3.85. The van der Waals surface area contributed by atoms with E-state index >= 15 is 0 Å². The summed E-state index contributed by atoms with van der Waals surface area (Å²) in [5, 5.41) is 6.60. The van der Waals surface area contributed by atoms with E-state index < -0.39 is 17.7 Å².